The highest BCUT2D eigenvalue weighted by Crippen LogP contribution is 2.05. The monoisotopic (exact) mass is 286 g/mol. The van der Waals surface area contributed by atoms with Gasteiger partial charge in [0.15, 0.2) is 0 Å². The van der Waals surface area contributed by atoms with Gasteiger partial charge in [-0.1, -0.05) is 11.3 Å². The van der Waals surface area contributed by atoms with Crippen molar-refractivity contribution in [3.8, 4) is 0 Å². The van der Waals surface area contributed by atoms with Crippen molar-refractivity contribution >= 4 is 23.2 Å². The van der Waals surface area contributed by atoms with Crippen LogP contribution in [-0.2, 0) is 16.1 Å². The quantitative estimate of drug-likeness (QED) is 0.816. The molecule has 0 unspecified atom stereocenters. The van der Waals surface area contributed by atoms with E-state index in [-0.39, 0.29) is 17.2 Å². The van der Waals surface area contributed by atoms with Gasteiger partial charge in [0.1, 0.15) is 5.54 Å². The first-order valence-corrected chi connectivity index (χ1v) is 6.81. The SMILES string of the molecule is Cc1csc(=O)n1CCCC(=O)NC(C)(C)C(=O)O. The van der Waals surface area contributed by atoms with Crippen LogP contribution in [0.5, 0.6) is 0 Å². The van der Waals surface area contributed by atoms with Crippen molar-refractivity contribution in [1.29, 1.82) is 0 Å². The molecule has 0 aliphatic rings. The average Bonchev–Trinajstić information content (AvgIpc) is 2.59. The second-order valence-electron chi connectivity index (χ2n) is 4.88. The zero-order valence-electron chi connectivity index (χ0n) is 11.2. The number of thiazole rings is 1. The van der Waals surface area contributed by atoms with Gasteiger partial charge in [-0.15, -0.1) is 0 Å². The van der Waals surface area contributed by atoms with E-state index in [0.717, 1.165) is 17.0 Å². The largest absolute Gasteiger partial charge is 0.480 e. The van der Waals surface area contributed by atoms with Gasteiger partial charge in [-0.25, -0.2) is 4.79 Å². The fourth-order valence-corrected chi connectivity index (χ4v) is 2.30. The molecule has 0 spiro atoms. The van der Waals surface area contributed by atoms with Gasteiger partial charge < -0.3 is 15.0 Å². The third-order valence-electron chi connectivity index (χ3n) is 2.75. The van der Waals surface area contributed by atoms with Gasteiger partial charge in [0.05, 0.1) is 0 Å². The van der Waals surface area contributed by atoms with Crippen LogP contribution in [-0.4, -0.2) is 27.1 Å². The van der Waals surface area contributed by atoms with Gasteiger partial charge in [0, 0.05) is 24.0 Å². The Morgan fingerprint density at radius 3 is 2.58 bits per heavy atom. The number of carbonyl (C=O) groups excluding carboxylic acids is 1. The summed E-state index contributed by atoms with van der Waals surface area (Å²) >= 11 is 1.13. The molecule has 0 aliphatic heterocycles. The van der Waals surface area contributed by atoms with Gasteiger partial charge in [0.25, 0.3) is 0 Å². The van der Waals surface area contributed by atoms with Crippen LogP contribution in [0.15, 0.2) is 10.2 Å². The van der Waals surface area contributed by atoms with Gasteiger partial charge in [0.2, 0.25) is 5.91 Å². The first-order chi connectivity index (χ1) is 8.74. The molecular weight excluding hydrogens is 268 g/mol. The summed E-state index contributed by atoms with van der Waals surface area (Å²) < 4.78 is 1.61. The molecular formula is C12H18N2O4S. The molecule has 0 saturated carbocycles. The van der Waals surface area contributed by atoms with Crippen LogP contribution in [0, 0.1) is 6.92 Å². The molecule has 6 nitrogen and oxygen atoms in total. The summed E-state index contributed by atoms with van der Waals surface area (Å²) in [5.41, 5.74) is -0.395. The highest BCUT2D eigenvalue weighted by molar-refractivity contribution is 7.07. The molecule has 0 fully saturated rings. The molecule has 106 valence electrons. The molecule has 0 aromatic carbocycles. The van der Waals surface area contributed by atoms with E-state index < -0.39 is 11.5 Å². The lowest BCUT2D eigenvalue weighted by Crippen LogP contribution is -2.49. The highest BCUT2D eigenvalue weighted by Gasteiger charge is 2.28. The van der Waals surface area contributed by atoms with Crippen LogP contribution in [0.25, 0.3) is 0 Å². The standard InChI is InChI=1S/C12H18N2O4S/c1-8-7-19-11(18)14(8)6-4-5-9(15)13-12(2,3)10(16)17/h7H,4-6H2,1-3H3,(H,13,15)(H,16,17). The van der Waals surface area contributed by atoms with E-state index in [1.54, 1.807) is 9.95 Å². The lowest BCUT2D eigenvalue weighted by Gasteiger charge is -2.20. The molecule has 2 N–H and O–H groups in total. The number of amides is 1. The number of carboxylic acids is 1. The Morgan fingerprint density at radius 1 is 1.47 bits per heavy atom. The fraction of sp³-hybridized carbons (Fsp3) is 0.583. The number of carbonyl (C=O) groups is 2. The number of carboxylic acid groups (broad SMARTS) is 1. The minimum atomic E-state index is -1.27. The van der Waals surface area contributed by atoms with Crippen molar-refractivity contribution in [1.82, 2.24) is 9.88 Å². The Labute approximate surface area is 115 Å². The molecule has 0 aliphatic carbocycles. The van der Waals surface area contributed by atoms with Crippen molar-refractivity contribution in [2.45, 2.75) is 45.7 Å². The van der Waals surface area contributed by atoms with E-state index in [9.17, 15) is 14.4 Å². The summed E-state index contributed by atoms with van der Waals surface area (Å²) in [5, 5.41) is 13.1. The molecule has 19 heavy (non-hydrogen) atoms. The maximum absolute atomic E-state index is 11.6. The number of rotatable bonds is 6. The highest BCUT2D eigenvalue weighted by atomic mass is 32.1. The third kappa shape index (κ3) is 4.20. The predicted octanol–water partition coefficient (Wildman–Crippen LogP) is 0.978. The number of hydrogen-bond acceptors (Lipinski definition) is 4. The zero-order chi connectivity index (χ0) is 14.6. The normalized spacial score (nSPS) is 11.3. The Morgan fingerprint density at radius 2 is 2.11 bits per heavy atom. The number of aromatic nitrogens is 1. The van der Waals surface area contributed by atoms with E-state index in [4.69, 9.17) is 5.11 Å². The zero-order valence-corrected chi connectivity index (χ0v) is 12.0. The van der Waals surface area contributed by atoms with Gasteiger partial charge in [-0.3, -0.25) is 9.59 Å². The average molecular weight is 286 g/mol. The van der Waals surface area contributed by atoms with Crippen LogP contribution in [0.2, 0.25) is 0 Å². The van der Waals surface area contributed by atoms with E-state index in [1.807, 2.05) is 6.92 Å². The summed E-state index contributed by atoms with van der Waals surface area (Å²) in [7, 11) is 0. The van der Waals surface area contributed by atoms with Crippen molar-refractivity contribution in [2.75, 3.05) is 0 Å². The topological polar surface area (TPSA) is 88.4 Å². The van der Waals surface area contributed by atoms with Crippen LogP contribution in [0.4, 0.5) is 0 Å². The molecule has 1 rings (SSSR count). The summed E-state index contributed by atoms with van der Waals surface area (Å²) in [5.74, 6) is -1.40. The summed E-state index contributed by atoms with van der Waals surface area (Å²) in [6.07, 6.45) is 0.692. The lowest BCUT2D eigenvalue weighted by molar-refractivity contribution is -0.146. The molecule has 1 aromatic rings. The molecule has 0 atom stereocenters. The summed E-state index contributed by atoms with van der Waals surface area (Å²) in [6.45, 7) is 5.17. The van der Waals surface area contributed by atoms with Crippen LogP contribution < -0.4 is 10.2 Å². The Hall–Kier alpha value is -1.63. The molecule has 7 heteroatoms. The minimum Gasteiger partial charge on any atom is -0.480 e. The Bertz CT molecular complexity index is 530. The van der Waals surface area contributed by atoms with Gasteiger partial charge in [-0.2, -0.15) is 0 Å². The number of hydrogen-bond donors (Lipinski definition) is 2. The smallest absolute Gasteiger partial charge is 0.328 e. The molecule has 0 radical (unpaired) electrons. The predicted molar refractivity (Wildman–Crippen MR) is 72.4 cm³/mol. The van der Waals surface area contributed by atoms with E-state index in [0.29, 0.717) is 13.0 Å². The summed E-state index contributed by atoms with van der Waals surface area (Å²) in [4.78, 5) is 33.8. The number of aryl methyl sites for hydroxylation is 1. The van der Waals surface area contributed by atoms with Crippen LogP contribution >= 0.6 is 11.3 Å². The number of aliphatic carboxylic acids is 1. The van der Waals surface area contributed by atoms with Crippen molar-refractivity contribution in [2.24, 2.45) is 0 Å². The Balaban J connectivity index is 2.44. The summed E-state index contributed by atoms with van der Waals surface area (Å²) in [6, 6.07) is 0. The van der Waals surface area contributed by atoms with Crippen molar-refractivity contribution < 1.29 is 14.7 Å². The van der Waals surface area contributed by atoms with Crippen LogP contribution in [0.3, 0.4) is 0 Å². The van der Waals surface area contributed by atoms with Gasteiger partial charge in [-0.05, 0) is 27.2 Å². The molecule has 0 saturated heterocycles. The second-order valence-corrected chi connectivity index (χ2v) is 5.70. The van der Waals surface area contributed by atoms with Gasteiger partial charge >= 0.3 is 10.8 Å². The number of nitrogens with one attached hydrogen (secondary N) is 1. The molecule has 1 heterocycles. The van der Waals surface area contributed by atoms with Crippen LogP contribution in [0.1, 0.15) is 32.4 Å². The molecule has 0 bridgehead atoms. The van der Waals surface area contributed by atoms with Crippen molar-refractivity contribution in [3.05, 3.63) is 20.7 Å². The molecule has 1 aromatic heterocycles. The first kappa shape index (κ1) is 15.4. The van der Waals surface area contributed by atoms with E-state index >= 15 is 0 Å². The maximum atomic E-state index is 11.6. The van der Waals surface area contributed by atoms with E-state index in [2.05, 4.69) is 5.32 Å². The van der Waals surface area contributed by atoms with E-state index in [1.165, 1.54) is 13.8 Å². The minimum absolute atomic E-state index is 0.0382. The Kier molecular flexibility index (Phi) is 4.88. The lowest BCUT2D eigenvalue weighted by atomic mass is 10.1. The first-order valence-electron chi connectivity index (χ1n) is 5.93. The maximum Gasteiger partial charge on any atom is 0.328 e. The number of nitrogens with zero attached hydrogens (tertiary/aromatic N) is 1. The second kappa shape index (κ2) is 6.01. The molecule has 1 amide bonds. The fourth-order valence-electron chi connectivity index (χ4n) is 1.54. The van der Waals surface area contributed by atoms with Crippen molar-refractivity contribution in [3.63, 3.8) is 0 Å². The third-order valence-corrected chi connectivity index (χ3v) is 3.63.